The van der Waals surface area contributed by atoms with Crippen LogP contribution in [0.25, 0.3) is 0 Å². The lowest BCUT2D eigenvalue weighted by Crippen LogP contribution is -2.26. The number of pyridine rings is 1. The number of benzene rings is 1. The summed E-state index contributed by atoms with van der Waals surface area (Å²) in [4.78, 5) is 3.83. The lowest BCUT2D eigenvalue weighted by atomic mass is 10.1. The Hall–Kier alpha value is -2.15. The third kappa shape index (κ3) is 2.69. The van der Waals surface area contributed by atoms with E-state index in [-0.39, 0.29) is 22.3 Å². The zero-order valence-electron chi connectivity index (χ0n) is 11.0. The first kappa shape index (κ1) is 13.8. The summed E-state index contributed by atoms with van der Waals surface area (Å²) in [5, 5.41) is -0.143. The van der Waals surface area contributed by atoms with Gasteiger partial charge in [-0.15, -0.1) is 0 Å². The van der Waals surface area contributed by atoms with Gasteiger partial charge >= 0.3 is 0 Å². The van der Waals surface area contributed by atoms with Gasteiger partial charge in [-0.05, 0) is 30.3 Å². The first-order chi connectivity index (χ1) is 9.95. The van der Waals surface area contributed by atoms with Gasteiger partial charge < -0.3 is 10.5 Å². The number of ether oxygens (including phenoxy) is 1. The van der Waals surface area contributed by atoms with Gasteiger partial charge in [-0.2, -0.15) is 0 Å². The molecule has 1 aromatic heterocycles. The SMILES string of the molecule is Nc1cccnc1S(=O)(=O)CC1Cc2cc(F)ccc2O1. The van der Waals surface area contributed by atoms with Gasteiger partial charge in [0.2, 0.25) is 9.84 Å². The topological polar surface area (TPSA) is 82.3 Å². The van der Waals surface area contributed by atoms with Crippen LogP contribution in [0.3, 0.4) is 0 Å². The highest BCUT2D eigenvalue weighted by molar-refractivity contribution is 7.91. The number of anilines is 1. The van der Waals surface area contributed by atoms with E-state index in [1.165, 1.54) is 30.5 Å². The molecule has 21 heavy (non-hydrogen) atoms. The minimum absolute atomic E-state index is 0.110. The number of rotatable bonds is 3. The number of halogens is 1. The normalized spacial score (nSPS) is 17.3. The Bertz CT molecular complexity index is 793. The number of sulfone groups is 1. The van der Waals surface area contributed by atoms with Crippen LogP contribution in [0.4, 0.5) is 10.1 Å². The van der Waals surface area contributed by atoms with Gasteiger partial charge in [-0.3, -0.25) is 0 Å². The zero-order valence-corrected chi connectivity index (χ0v) is 11.8. The van der Waals surface area contributed by atoms with E-state index < -0.39 is 15.9 Å². The van der Waals surface area contributed by atoms with Crippen LogP contribution in [0.2, 0.25) is 0 Å². The number of hydrogen-bond donors (Lipinski definition) is 1. The Morgan fingerprint density at radius 3 is 2.95 bits per heavy atom. The van der Waals surface area contributed by atoms with Gasteiger partial charge in [0.1, 0.15) is 17.7 Å². The summed E-state index contributed by atoms with van der Waals surface area (Å²) in [5.41, 5.74) is 6.43. The van der Waals surface area contributed by atoms with Gasteiger partial charge in [0.05, 0.1) is 11.4 Å². The smallest absolute Gasteiger partial charge is 0.201 e. The molecule has 0 amide bonds. The summed E-state index contributed by atoms with van der Waals surface area (Å²) in [6.07, 6.45) is 1.16. The number of fused-ring (bicyclic) bond motifs is 1. The van der Waals surface area contributed by atoms with Gasteiger partial charge in [-0.1, -0.05) is 0 Å². The molecule has 2 aromatic rings. The third-order valence-corrected chi connectivity index (χ3v) is 5.01. The van der Waals surface area contributed by atoms with E-state index in [9.17, 15) is 12.8 Å². The first-order valence-electron chi connectivity index (χ1n) is 6.34. The molecule has 0 bridgehead atoms. The second-order valence-corrected chi connectivity index (χ2v) is 6.82. The summed E-state index contributed by atoms with van der Waals surface area (Å²) >= 11 is 0. The monoisotopic (exact) mass is 308 g/mol. The lowest BCUT2D eigenvalue weighted by molar-refractivity contribution is 0.256. The maximum absolute atomic E-state index is 13.1. The average molecular weight is 308 g/mol. The molecule has 1 aliphatic heterocycles. The number of aromatic nitrogens is 1. The van der Waals surface area contributed by atoms with Crippen LogP contribution < -0.4 is 10.5 Å². The molecule has 110 valence electrons. The lowest BCUT2D eigenvalue weighted by Gasteiger charge is -2.11. The molecule has 1 aliphatic rings. The van der Waals surface area contributed by atoms with E-state index >= 15 is 0 Å². The molecule has 5 nitrogen and oxygen atoms in total. The fraction of sp³-hybridized carbons (Fsp3) is 0.214. The summed E-state index contributed by atoms with van der Waals surface area (Å²) in [7, 11) is -3.66. The Kier molecular flexibility index (Phi) is 3.29. The van der Waals surface area contributed by atoms with Crippen molar-refractivity contribution in [2.75, 3.05) is 11.5 Å². The minimum Gasteiger partial charge on any atom is -0.489 e. The molecule has 0 radical (unpaired) electrons. The largest absolute Gasteiger partial charge is 0.489 e. The van der Waals surface area contributed by atoms with E-state index in [0.717, 1.165) is 0 Å². The summed E-state index contributed by atoms with van der Waals surface area (Å²) in [5.74, 6) is -0.0924. The van der Waals surface area contributed by atoms with Crippen LogP contribution in [0.1, 0.15) is 5.56 Å². The van der Waals surface area contributed by atoms with E-state index in [1.54, 1.807) is 6.07 Å². The molecular weight excluding hydrogens is 295 g/mol. The van der Waals surface area contributed by atoms with Crippen LogP contribution >= 0.6 is 0 Å². The third-order valence-electron chi connectivity index (χ3n) is 3.26. The molecule has 2 heterocycles. The van der Waals surface area contributed by atoms with E-state index in [1.807, 2.05) is 0 Å². The van der Waals surface area contributed by atoms with Gasteiger partial charge in [-0.25, -0.2) is 17.8 Å². The summed E-state index contributed by atoms with van der Waals surface area (Å²) < 4.78 is 43.4. The molecule has 0 spiro atoms. The molecular formula is C14H13FN2O3S. The average Bonchev–Trinajstić information content (AvgIpc) is 2.79. The van der Waals surface area contributed by atoms with Crippen molar-refractivity contribution in [2.24, 2.45) is 0 Å². The Balaban J connectivity index is 1.81. The summed E-state index contributed by atoms with van der Waals surface area (Å²) in [6, 6.07) is 7.20. The Morgan fingerprint density at radius 1 is 1.38 bits per heavy atom. The van der Waals surface area contributed by atoms with E-state index in [0.29, 0.717) is 17.7 Å². The van der Waals surface area contributed by atoms with Crippen molar-refractivity contribution in [1.82, 2.24) is 4.98 Å². The highest BCUT2D eigenvalue weighted by Gasteiger charge is 2.30. The van der Waals surface area contributed by atoms with Crippen molar-refractivity contribution in [3.8, 4) is 5.75 Å². The van der Waals surface area contributed by atoms with Crippen LogP contribution in [0.15, 0.2) is 41.6 Å². The van der Waals surface area contributed by atoms with Crippen molar-refractivity contribution in [3.05, 3.63) is 47.9 Å². The van der Waals surface area contributed by atoms with Crippen molar-refractivity contribution in [3.63, 3.8) is 0 Å². The molecule has 7 heteroatoms. The quantitative estimate of drug-likeness (QED) is 0.931. The van der Waals surface area contributed by atoms with E-state index in [4.69, 9.17) is 10.5 Å². The second kappa shape index (κ2) is 5.00. The van der Waals surface area contributed by atoms with Crippen molar-refractivity contribution in [1.29, 1.82) is 0 Å². The van der Waals surface area contributed by atoms with Gasteiger partial charge in [0, 0.05) is 18.2 Å². The maximum Gasteiger partial charge on any atom is 0.201 e. The fourth-order valence-corrected chi connectivity index (χ4v) is 3.85. The molecule has 0 fully saturated rings. The van der Waals surface area contributed by atoms with Crippen LogP contribution in [0.5, 0.6) is 5.75 Å². The maximum atomic E-state index is 13.1. The molecule has 0 saturated carbocycles. The fourth-order valence-electron chi connectivity index (χ4n) is 2.37. The van der Waals surface area contributed by atoms with Crippen LogP contribution in [0, 0.1) is 5.82 Å². The highest BCUT2D eigenvalue weighted by Crippen LogP contribution is 2.30. The molecule has 3 rings (SSSR count). The predicted octanol–water partition coefficient (Wildman–Crippen LogP) is 1.58. The van der Waals surface area contributed by atoms with Crippen LogP contribution in [-0.4, -0.2) is 25.3 Å². The van der Waals surface area contributed by atoms with Crippen molar-refractivity contribution < 1.29 is 17.5 Å². The molecule has 0 saturated heterocycles. The number of nitrogen functional groups attached to an aromatic ring is 1. The standard InChI is InChI=1S/C14H13FN2O3S/c15-10-3-4-13-9(6-10)7-11(20-13)8-21(18,19)14-12(16)2-1-5-17-14/h1-6,11H,7-8,16H2. The second-order valence-electron chi connectivity index (χ2n) is 4.88. The number of nitrogens with zero attached hydrogens (tertiary/aromatic N) is 1. The predicted molar refractivity (Wildman–Crippen MR) is 75.2 cm³/mol. The molecule has 0 aliphatic carbocycles. The van der Waals surface area contributed by atoms with Gasteiger partial charge in [0.25, 0.3) is 0 Å². The van der Waals surface area contributed by atoms with Gasteiger partial charge in [0.15, 0.2) is 5.03 Å². The highest BCUT2D eigenvalue weighted by atomic mass is 32.2. The van der Waals surface area contributed by atoms with Crippen molar-refractivity contribution in [2.45, 2.75) is 17.6 Å². The summed E-state index contributed by atoms with van der Waals surface area (Å²) in [6.45, 7) is 0. The van der Waals surface area contributed by atoms with Crippen LogP contribution in [-0.2, 0) is 16.3 Å². The number of nitrogens with two attached hydrogens (primary N) is 1. The molecule has 1 aromatic carbocycles. The molecule has 1 unspecified atom stereocenters. The van der Waals surface area contributed by atoms with E-state index in [2.05, 4.69) is 4.98 Å². The van der Waals surface area contributed by atoms with Crippen molar-refractivity contribution >= 4 is 15.5 Å². The molecule has 1 atom stereocenters. The first-order valence-corrected chi connectivity index (χ1v) is 7.99. The minimum atomic E-state index is -3.66. The Morgan fingerprint density at radius 2 is 2.19 bits per heavy atom. The molecule has 2 N–H and O–H groups in total. The zero-order chi connectivity index (χ0) is 15.0. The number of hydrogen-bond acceptors (Lipinski definition) is 5. The Labute approximate surface area is 121 Å².